The van der Waals surface area contributed by atoms with Crippen molar-refractivity contribution in [1.29, 1.82) is 0 Å². The molecule has 0 radical (unpaired) electrons. The van der Waals surface area contributed by atoms with Crippen molar-refractivity contribution in [2.24, 2.45) is 5.92 Å². The summed E-state index contributed by atoms with van der Waals surface area (Å²) < 4.78 is 0. The van der Waals surface area contributed by atoms with E-state index in [1.807, 2.05) is 0 Å². The fraction of sp³-hybridized carbons (Fsp3) is 0.333. The van der Waals surface area contributed by atoms with E-state index in [0.29, 0.717) is 33.8 Å². The van der Waals surface area contributed by atoms with Gasteiger partial charge in [0.25, 0.3) is 0 Å². The van der Waals surface area contributed by atoms with Crippen molar-refractivity contribution in [1.82, 2.24) is 4.90 Å². The number of carboxylic acids is 1. The number of amides is 1. The summed E-state index contributed by atoms with van der Waals surface area (Å²) in [6.07, 6.45) is 0. The van der Waals surface area contributed by atoms with Gasteiger partial charge in [0.1, 0.15) is 0 Å². The zero-order chi connectivity index (χ0) is 14.9. The average Bonchev–Trinajstić information content (AvgIpc) is 2.29. The van der Waals surface area contributed by atoms with E-state index in [2.05, 4.69) is 5.32 Å². The van der Waals surface area contributed by atoms with Gasteiger partial charge in [-0.2, -0.15) is 0 Å². The summed E-state index contributed by atoms with van der Waals surface area (Å²) in [5.74, 6) is -1.51. The Morgan fingerprint density at radius 2 is 1.80 bits per heavy atom. The molecule has 20 heavy (non-hydrogen) atoms. The fourth-order valence-electron chi connectivity index (χ4n) is 1.87. The van der Waals surface area contributed by atoms with Crippen LogP contribution in [0.25, 0.3) is 0 Å². The molecule has 8 heteroatoms. The van der Waals surface area contributed by atoms with Crippen LogP contribution in [0.3, 0.4) is 0 Å². The van der Waals surface area contributed by atoms with Crippen LogP contribution in [0, 0.1) is 5.92 Å². The standard InChI is InChI=1S/C12H11Cl3N2O3/c13-7-1-9(15)10(2-8(7)14)16-11(18)5-17-3-6(4-17)12(19)20/h1-2,6H,3-5H2,(H,16,18)(H,19,20). The predicted octanol–water partition coefficient (Wildman–Crippen LogP) is 2.60. The van der Waals surface area contributed by atoms with E-state index in [-0.39, 0.29) is 12.5 Å². The molecule has 1 heterocycles. The van der Waals surface area contributed by atoms with Gasteiger partial charge in [0, 0.05) is 13.1 Å². The van der Waals surface area contributed by atoms with E-state index in [0.717, 1.165) is 0 Å². The Kier molecular flexibility index (Phi) is 4.75. The molecule has 1 aromatic carbocycles. The molecule has 0 aromatic heterocycles. The van der Waals surface area contributed by atoms with Crippen LogP contribution < -0.4 is 5.32 Å². The number of carboxylic acid groups (broad SMARTS) is 1. The highest BCUT2D eigenvalue weighted by molar-refractivity contribution is 6.44. The highest BCUT2D eigenvalue weighted by Gasteiger charge is 2.33. The molecule has 0 aliphatic carbocycles. The number of rotatable bonds is 4. The molecule has 1 aliphatic rings. The molecule has 0 saturated carbocycles. The number of carbonyl (C=O) groups is 2. The molecule has 1 amide bonds. The van der Waals surface area contributed by atoms with Gasteiger partial charge in [0.05, 0.1) is 33.2 Å². The molecular weight excluding hydrogens is 327 g/mol. The molecule has 0 atom stereocenters. The lowest BCUT2D eigenvalue weighted by Crippen LogP contribution is -2.52. The van der Waals surface area contributed by atoms with Crippen molar-refractivity contribution in [2.75, 3.05) is 25.0 Å². The number of hydrogen-bond donors (Lipinski definition) is 2. The fourth-order valence-corrected chi connectivity index (χ4v) is 2.46. The summed E-state index contributed by atoms with van der Waals surface area (Å²) in [5, 5.41) is 12.3. The second kappa shape index (κ2) is 6.18. The van der Waals surface area contributed by atoms with Crippen LogP contribution >= 0.6 is 34.8 Å². The summed E-state index contributed by atoms with van der Waals surface area (Å²) in [4.78, 5) is 24.2. The Hall–Kier alpha value is -1.01. The van der Waals surface area contributed by atoms with Crippen molar-refractivity contribution in [2.45, 2.75) is 0 Å². The van der Waals surface area contributed by atoms with Gasteiger partial charge in [-0.1, -0.05) is 34.8 Å². The normalized spacial score (nSPS) is 15.8. The van der Waals surface area contributed by atoms with Crippen molar-refractivity contribution in [3.63, 3.8) is 0 Å². The quantitative estimate of drug-likeness (QED) is 0.829. The molecule has 0 spiro atoms. The lowest BCUT2D eigenvalue weighted by molar-refractivity contribution is -0.148. The van der Waals surface area contributed by atoms with Crippen molar-refractivity contribution >= 4 is 52.4 Å². The van der Waals surface area contributed by atoms with Crippen LogP contribution in [-0.4, -0.2) is 41.5 Å². The smallest absolute Gasteiger partial charge is 0.309 e. The van der Waals surface area contributed by atoms with Crippen molar-refractivity contribution in [3.05, 3.63) is 27.2 Å². The van der Waals surface area contributed by atoms with Gasteiger partial charge in [-0.25, -0.2) is 0 Å². The lowest BCUT2D eigenvalue weighted by atomic mass is 10.0. The molecule has 1 saturated heterocycles. The SMILES string of the molecule is O=C(CN1CC(C(=O)O)C1)Nc1cc(Cl)c(Cl)cc1Cl. The Labute approximate surface area is 130 Å². The van der Waals surface area contributed by atoms with Crippen LogP contribution in [-0.2, 0) is 9.59 Å². The maximum absolute atomic E-state index is 11.8. The van der Waals surface area contributed by atoms with E-state index in [1.165, 1.54) is 12.1 Å². The number of anilines is 1. The molecule has 1 fully saturated rings. The molecule has 5 nitrogen and oxygen atoms in total. The highest BCUT2D eigenvalue weighted by atomic mass is 35.5. The first-order valence-electron chi connectivity index (χ1n) is 5.76. The second-order valence-corrected chi connectivity index (χ2v) is 5.75. The first kappa shape index (κ1) is 15.4. The van der Waals surface area contributed by atoms with Crippen LogP contribution in [0.2, 0.25) is 15.1 Å². The van der Waals surface area contributed by atoms with E-state index in [1.54, 1.807) is 4.90 Å². The summed E-state index contributed by atoms with van der Waals surface area (Å²) in [6, 6.07) is 2.92. The lowest BCUT2D eigenvalue weighted by Gasteiger charge is -2.35. The minimum Gasteiger partial charge on any atom is -0.481 e. The maximum Gasteiger partial charge on any atom is 0.309 e. The number of aliphatic carboxylic acids is 1. The Balaban J connectivity index is 1.90. The summed E-state index contributed by atoms with van der Waals surface area (Å²) >= 11 is 17.6. The average molecular weight is 338 g/mol. The molecule has 0 bridgehead atoms. The first-order valence-corrected chi connectivity index (χ1v) is 6.89. The molecule has 1 aromatic rings. The largest absolute Gasteiger partial charge is 0.481 e. The van der Waals surface area contributed by atoms with Gasteiger partial charge in [0.2, 0.25) is 5.91 Å². The van der Waals surface area contributed by atoms with E-state index >= 15 is 0 Å². The highest BCUT2D eigenvalue weighted by Crippen LogP contribution is 2.32. The zero-order valence-electron chi connectivity index (χ0n) is 10.2. The molecule has 2 rings (SSSR count). The number of nitrogens with one attached hydrogen (secondary N) is 1. The third-order valence-corrected chi connectivity index (χ3v) is 3.99. The maximum atomic E-state index is 11.8. The molecule has 1 aliphatic heterocycles. The van der Waals surface area contributed by atoms with Crippen molar-refractivity contribution < 1.29 is 14.7 Å². The monoisotopic (exact) mass is 336 g/mol. The number of carbonyl (C=O) groups excluding carboxylic acids is 1. The van der Waals surface area contributed by atoms with Crippen LogP contribution in [0.1, 0.15) is 0 Å². The predicted molar refractivity (Wildman–Crippen MR) is 77.7 cm³/mol. The van der Waals surface area contributed by atoms with Gasteiger partial charge in [-0.15, -0.1) is 0 Å². The summed E-state index contributed by atoms with van der Waals surface area (Å²) in [7, 11) is 0. The van der Waals surface area contributed by atoms with Gasteiger partial charge in [-0.3, -0.25) is 14.5 Å². The second-order valence-electron chi connectivity index (χ2n) is 4.52. The van der Waals surface area contributed by atoms with E-state index < -0.39 is 11.9 Å². The van der Waals surface area contributed by atoms with E-state index in [9.17, 15) is 9.59 Å². The van der Waals surface area contributed by atoms with Gasteiger partial charge >= 0.3 is 5.97 Å². The van der Waals surface area contributed by atoms with Gasteiger partial charge in [0.15, 0.2) is 0 Å². The van der Waals surface area contributed by atoms with Crippen LogP contribution in [0.15, 0.2) is 12.1 Å². The minimum atomic E-state index is -0.839. The Bertz CT molecular complexity index is 559. The van der Waals surface area contributed by atoms with E-state index in [4.69, 9.17) is 39.9 Å². The first-order chi connectivity index (χ1) is 9.36. The Morgan fingerprint density at radius 3 is 2.40 bits per heavy atom. The number of nitrogens with zero attached hydrogens (tertiary/aromatic N) is 1. The molecular formula is C12H11Cl3N2O3. The van der Waals surface area contributed by atoms with Gasteiger partial charge in [-0.05, 0) is 12.1 Å². The third-order valence-electron chi connectivity index (χ3n) is 2.96. The van der Waals surface area contributed by atoms with Crippen LogP contribution in [0.5, 0.6) is 0 Å². The Morgan fingerprint density at radius 1 is 1.20 bits per heavy atom. The summed E-state index contributed by atoms with van der Waals surface area (Å²) in [6.45, 7) is 0.857. The number of hydrogen-bond acceptors (Lipinski definition) is 3. The number of benzene rings is 1. The number of likely N-dealkylation sites (tertiary alicyclic amines) is 1. The molecule has 2 N–H and O–H groups in total. The van der Waals surface area contributed by atoms with Gasteiger partial charge < -0.3 is 10.4 Å². The van der Waals surface area contributed by atoms with Crippen LogP contribution in [0.4, 0.5) is 5.69 Å². The third kappa shape index (κ3) is 3.55. The van der Waals surface area contributed by atoms with Crippen molar-refractivity contribution in [3.8, 4) is 0 Å². The minimum absolute atomic E-state index is 0.111. The summed E-state index contributed by atoms with van der Waals surface area (Å²) in [5.41, 5.74) is 0.376. The molecule has 0 unspecified atom stereocenters. The zero-order valence-corrected chi connectivity index (χ0v) is 12.5. The topological polar surface area (TPSA) is 69.6 Å². The molecule has 108 valence electrons. The number of halogens is 3.